The molecule has 1 rings (SSSR count). The van der Waals surface area contributed by atoms with Crippen molar-refractivity contribution in [1.82, 2.24) is 10.2 Å². The lowest BCUT2D eigenvalue weighted by atomic mass is 9.94. The van der Waals surface area contributed by atoms with E-state index in [9.17, 15) is 4.79 Å². The standard InChI is InChI=1S/C14H29N3O2/c1-14(16-2,13(15)18)8-4-5-9-17(3)11-12-7-6-10-19-12/h12,16H,4-11H2,1-3H3,(H2,15,18). The van der Waals surface area contributed by atoms with Gasteiger partial charge >= 0.3 is 0 Å². The van der Waals surface area contributed by atoms with Gasteiger partial charge in [0.05, 0.1) is 11.6 Å². The molecule has 5 heteroatoms. The molecule has 1 aliphatic heterocycles. The van der Waals surface area contributed by atoms with Crippen molar-refractivity contribution in [3.8, 4) is 0 Å². The van der Waals surface area contributed by atoms with Gasteiger partial charge in [0.1, 0.15) is 0 Å². The molecule has 1 fully saturated rings. The molecule has 1 aliphatic rings. The summed E-state index contributed by atoms with van der Waals surface area (Å²) in [5.41, 5.74) is 4.83. The van der Waals surface area contributed by atoms with Gasteiger partial charge in [-0.15, -0.1) is 0 Å². The summed E-state index contributed by atoms with van der Waals surface area (Å²) in [6, 6.07) is 0. The number of carbonyl (C=O) groups excluding carboxylic acids is 1. The summed E-state index contributed by atoms with van der Waals surface area (Å²) in [4.78, 5) is 13.7. The fourth-order valence-electron chi connectivity index (χ4n) is 2.46. The summed E-state index contributed by atoms with van der Waals surface area (Å²) < 4.78 is 5.62. The number of likely N-dealkylation sites (N-methyl/N-ethyl adjacent to an activating group) is 2. The molecule has 2 atom stereocenters. The van der Waals surface area contributed by atoms with Gasteiger partial charge in [-0.3, -0.25) is 4.79 Å². The van der Waals surface area contributed by atoms with E-state index in [1.807, 2.05) is 6.92 Å². The minimum Gasteiger partial charge on any atom is -0.377 e. The third kappa shape index (κ3) is 5.47. The van der Waals surface area contributed by atoms with E-state index in [1.54, 1.807) is 7.05 Å². The van der Waals surface area contributed by atoms with Crippen LogP contribution in [0.1, 0.15) is 39.0 Å². The summed E-state index contributed by atoms with van der Waals surface area (Å²) >= 11 is 0. The Hall–Kier alpha value is -0.650. The molecule has 5 nitrogen and oxygen atoms in total. The first kappa shape index (κ1) is 16.4. The topological polar surface area (TPSA) is 67.6 Å². The molecular weight excluding hydrogens is 242 g/mol. The third-order valence-corrected chi connectivity index (χ3v) is 4.10. The van der Waals surface area contributed by atoms with Gasteiger partial charge in [0.2, 0.25) is 5.91 Å². The number of amides is 1. The Morgan fingerprint density at radius 1 is 1.53 bits per heavy atom. The molecule has 3 N–H and O–H groups in total. The fraction of sp³-hybridized carbons (Fsp3) is 0.929. The van der Waals surface area contributed by atoms with Crippen molar-refractivity contribution in [3.05, 3.63) is 0 Å². The lowest BCUT2D eigenvalue weighted by molar-refractivity contribution is -0.123. The van der Waals surface area contributed by atoms with Crippen molar-refractivity contribution >= 4 is 5.91 Å². The van der Waals surface area contributed by atoms with E-state index in [0.29, 0.717) is 6.10 Å². The summed E-state index contributed by atoms with van der Waals surface area (Å²) in [6.45, 7) is 4.83. The van der Waals surface area contributed by atoms with Gasteiger partial charge in [0, 0.05) is 13.2 Å². The Kier molecular flexibility index (Phi) is 6.75. The molecule has 1 amide bonds. The largest absolute Gasteiger partial charge is 0.377 e. The van der Waals surface area contributed by atoms with E-state index in [1.165, 1.54) is 12.8 Å². The number of rotatable bonds is 9. The van der Waals surface area contributed by atoms with E-state index in [-0.39, 0.29) is 5.91 Å². The quantitative estimate of drug-likeness (QED) is 0.607. The molecule has 1 saturated heterocycles. The van der Waals surface area contributed by atoms with E-state index >= 15 is 0 Å². The highest BCUT2D eigenvalue weighted by molar-refractivity contribution is 5.84. The third-order valence-electron chi connectivity index (χ3n) is 4.10. The number of primary amides is 1. The first-order chi connectivity index (χ1) is 8.98. The van der Waals surface area contributed by atoms with Crippen molar-refractivity contribution in [2.24, 2.45) is 5.73 Å². The van der Waals surface area contributed by atoms with E-state index in [2.05, 4.69) is 17.3 Å². The monoisotopic (exact) mass is 271 g/mol. The molecule has 1 heterocycles. The molecule has 0 bridgehead atoms. The SMILES string of the molecule is CNC(C)(CCCCN(C)CC1CCCO1)C(N)=O. The molecule has 0 radical (unpaired) electrons. The summed E-state index contributed by atoms with van der Waals surface area (Å²) in [5, 5.41) is 3.02. The van der Waals surface area contributed by atoms with Gasteiger partial charge in [-0.05, 0) is 59.7 Å². The van der Waals surface area contributed by atoms with Gasteiger partial charge < -0.3 is 20.7 Å². The Balaban J connectivity index is 2.13. The van der Waals surface area contributed by atoms with Crippen LogP contribution in [0.15, 0.2) is 0 Å². The van der Waals surface area contributed by atoms with E-state index in [0.717, 1.165) is 39.0 Å². The first-order valence-electron chi connectivity index (χ1n) is 7.27. The van der Waals surface area contributed by atoms with Crippen LogP contribution >= 0.6 is 0 Å². The maximum absolute atomic E-state index is 11.3. The van der Waals surface area contributed by atoms with Gasteiger partial charge in [-0.2, -0.15) is 0 Å². The van der Waals surface area contributed by atoms with Crippen LogP contribution in [0.2, 0.25) is 0 Å². The highest BCUT2D eigenvalue weighted by Gasteiger charge is 2.28. The second-order valence-electron chi connectivity index (χ2n) is 5.80. The summed E-state index contributed by atoms with van der Waals surface area (Å²) in [7, 11) is 3.92. The van der Waals surface area contributed by atoms with Crippen LogP contribution in [0.3, 0.4) is 0 Å². The number of hydrogen-bond donors (Lipinski definition) is 2. The molecule has 0 spiro atoms. The van der Waals surface area contributed by atoms with Crippen molar-refractivity contribution in [2.75, 3.05) is 33.8 Å². The van der Waals surface area contributed by atoms with Crippen LogP contribution in [-0.4, -0.2) is 56.2 Å². The van der Waals surface area contributed by atoms with Crippen molar-refractivity contribution < 1.29 is 9.53 Å². The van der Waals surface area contributed by atoms with Gasteiger partial charge in [-0.25, -0.2) is 0 Å². The Labute approximate surface area is 116 Å². The lowest BCUT2D eigenvalue weighted by Gasteiger charge is -2.26. The van der Waals surface area contributed by atoms with Crippen LogP contribution in [0.25, 0.3) is 0 Å². The maximum Gasteiger partial charge on any atom is 0.237 e. The minimum absolute atomic E-state index is 0.275. The highest BCUT2D eigenvalue weighted by atomic mass is 16.5. The predicted molar refractivity (Wildman–Crippen MR) is 77.0 cm³/mol. The molecule has 112 valence electrons. The Morgan fingerprint density at radius 2 is 2.26 bits per heavy atom. The first-order valence-corrected chi connectivity index (χ1v) is 7.27. The predicted octanol–water partition coefficient (Wildman–Crippen LogP) is 0.731. The molecule has 2 unspecified atom stereocenters. The average molecular weight is 271 g/mol. The number of nitrogens with one attached hydrogen (secondary N) is 1. The van der Waals surface area contributed by atoms with Crippen LogP contribution in [0.4, 0.5) is 0 Å². The smallest absolute Gasteiger partial charge is 0.237 e. The van der Waals surface area contributed by atoms with Gasteiger partial charge in [0.15, 0.2) is 0 Å². The number of ether oxygens (including phenoxy) is 1. The Morgan fingerprint density at radius 3 is 2.79 bits per heavy atom. The highest BCUT2D eigenvalue weighted by Crippen LogP contribution is 2.15. The van der Waals surface area contributed by atoms with Crippen molar-refractivity contribution in [1.29, 1.82) is 0 Å². The molecule has 0 aromatic carbocycles. The molecule has 0 aromatic rings. The zero-order chi connectivity index (χ0) is 14.3. The molecule has 0 saturated carbocycles. The van der Waals surface area contributed by atoms with Gasteiger partial charge in [0.25, 0.3) is 0 Å². The number of carbonyl (C=O) groups is 1. The zero-order valence-electron chi connectivity index (χ0n) is 12.6. The maximum atomic E-state index is 11.3. The minimum atomic E-state index is -0.576. The van der Waals surface area contributed by atoms with E-state index < -0.39 is 5.54 Å². The fourth-order valence-corrected chi connectivity index (χ4v) is 2.46. The van der Waals surface area contributed by atoms with Crippen LogP contribution in [0.5, 0.6) is 0 Å². The van der Waals surface area contributed by atoms with Crippen molar-refractivity contribution in [2.45, 2.75) is 50.7 Å². The number of hydrogen-bond acceptors (Lipinski definition) is 4. The van der Waals surface area contributed by atoms with Crippen LogP contribution < -0.4 is 11.1 Å². The van der Waals surface area contributed by atoms with Crippen LogP contribution in [0, 0.1) is 0 Å². The van der Waals surface area contributed by atoms with Gasteiger partial charge in [-0.1, -0.05) is 0 Å². The number of unbranched alkanes of at least 4 members (excludes halogenated alkanes) is 1. The lowest BCUT2D eigenvalue weighted by Crippen LogP contribution is -2.51. The molecular formula is C14H29N3O2. The number of nitrogens with two attached hydrogens (primary N) is 1. The molecule has 0 aromatic heterocycles. The Bertz CT molecular complexity index is 280. The van der Waals surface area contributed by atoms with E-state index in [4.69, 9.17) is 10.5 Å². The zero-order valence-corrected chi connectivity index (χ0v) is 12.6. The summed E-state index contributed by atoms with van der Waals surface area (Å²) in [6.07, 6.45) is 5.65. The van der Waals surface area contributed by atoms with Crippen molar-refractivity contribution in [3.63, 3.8) is 0 Å². The van der Waals surface area contributed by atoms with Crippen LogP contribution in [-0.2, 0) is 9.53 Å². The molecule has 0 aliphatic carbocycles. The second-order valence-corrected chi connectivity index (χ2v) is 5.80. The average Bonchev–Trinajstić information content (AvgIpc) is 2.86. The number of nitrogens with zero attached hydrogens (tertiary/aromatic N) is 1. The molecule has 19 heavy (non-hydrogen) atoms. The second kappa shape index (κ2) is 7.82. The normalized spacial score (nSPS) is 22.6. The summed E-state index contributed by atoms with van der Waals surface area (Å²) in [5.74, 6) is -0.275.